The first-order valence-corrected chi connectivity index (χ1v) is 7.39. The van der Waals surface area contributed by atoms with Gasteiger partial charge in [0.1, 0.15) is 6.10 Å². The average molecular weight is 327 g/mol. The summed E-state index contributed by atoms with van der Waals surface area (Å²) < 4.78 is 5.36. The maximum Gasteiger partial charge on any atom is 0.338 e. The summed E-state index contributed by atoms with van der Waals surface area (Å²) in [6, 6.07) is 14.7. The highest BCUT2D eigenvalue weighted by Crippen LogP contribution is 2.15. The number of nitro groups is 1. The summed E-state index contributed by atoms with van der Waals surface area (Å²) in [7, 11) is 0. The normalized spacial score (nSPS) is 12.0. The second kappa shape index (κ2) is 8.59. The van der Waals surface area contributed by atoms with Gasteiger partial charge in [0.25, 0.3) is 5.69 Å². The molecule has 0 saturated carbocycles. The lowest BCUT2D eigenvalue weighted by molar-refractivity contribution is -0.384. The molecule has 0 bridgehead atoms. The van der Waals surface area contributed by atoms with E-state index in [4.69, 9.17) is 9.84 Å². The van der Waals surface area contributed by atoms with Crippen LogP contribution in [0.15, 0.2) is 60.7 Å². The largest absolute Gasteiger partial charge is 0.454 e. The zero-order valence-corrected chi connectivity index (χ0v) is 12.9. The van der Waals surface area contributed by atoms with Gasteiger partial charge >= 0.3 is 5.97 Å². The van der Waals surface area contributed by atoms with E-state index in [9.17, 15) is 14.9 Å². The van der Waals surface area contributed by atoms with Crippen molar-refractivity contribution in [2.24, 2.45) is 0 Å². The summed E-state index contributed by atoms with van der Waals surface area (Å²) in [5.74, 6) is -0.488. The average Bonchev–Trinajstić information content (AvgIpc) is 2.61. The van der Waals surface area contributed by atoms with Crippen LogP contribution in [0.4, 0.5) is 5.69 Å². The molecule has 0 heterocycles. The molecule has 0 aliphatic carbocycles. The van der Waals surface area contributed by atoms with E-state index in [1.54, 1.807) is 54.6 Å². The Labute approximate surface area is 139 Å². The number of nitrogens with zero attached hydrogens (tertiary/aromatic N) is 1. The molecule has 124 valence electrons. The van der Waals surface area contributed by atoms with E-state index >= 15 is 0 Å². The van der Waals surface area contributed by atoms with Gasteiger partial charge in [-0.05, 0) is 23.8 Å². The van der Waals surface area contributed by atoms with Crippen molar-refractivity contribution in [3.05, 3.63) is 81.9 Å². The number of aliphatic hydroxyl groups excluding tert-OH is 1. The van der Waals surface area contributed by atoms with E-state index in [-0.39, 0.29) is 18.7 Å². The zero-order valence-electron chi connectivity index (χ0n) is 12.9. The second-order valence-electron chi connectivity index (χ2n) is 5.03. The standard InChI is InChI=1S/C18H17NO5/c20-12-11-17(24-18(21)15-6-2-1-3-7-15)10-9-14-5-4-8-16(13-14)19(22)23/h1-10,13,17,20H,11-12H2. The highest BCUT2D eigenvalue weighted by molar-refractivity contribution is 5.89. The van der Waals surface area contributed by atoms with Gasteiger partial charge in [0.05, 0.1) is 10.5 Å². The van der Waals surface area contributed by atoms with Crippen LogP contribution in [0.3, 0.4) is 0 Å². The van der Waals surface area contributed by atoms with Crippen LogP contribution in [0.1, 0.15) is 22.3 Å². The van der Waals surface area contributed by atoms with E-state index in [1.807, 2.05) is 0 Å². The Morgan fingerprint density at radius 2 is 1.96 bits per heavy atom. The lowest BCUT2D eigenvalue weighted by Gasteiger charge is -2.13. The lowest BCUT2D eigenvalue weighted by Crippen LogP contribution is -2.17. The number of carbonyl (C=O) groups is 1. The van der Waals surface area contributed by atoms with Crippen LogP contribution < -0.4 is 0 Å². The number of hydrogen-bond donors (Lipinski definition) is 1. The van der Waals surface area contributed by atoms with Crippen LogP contribution in [0, 0.1) is 10.1 Å². The van der Waals surface area contributed by atoms with E-state index in [1.165, 1.54) is 12.1 Å². The third-order valence-electron chi connectivity index (χ3n) is 3.27. The van der Waals surface area contributed by atoms with Gasteiger partial charge in [-0.15, -0.1) is 0 Å². The van der Waals surface area contributed by atoms with Crippen LogP contribution in [-0.2, 0) is 4.74 Å². The lowest BCUT2D eigenvalue weighted by atomic mass is 10.1. The molecule has 24 heavy (non-hydrogen) atoms. The van der Waals surface area contributed by atoms with Crippen molar-refractivity contribution in [2.75, 3.05) is 6.61 Å². The van der Waals surface area contributed by atoms with E-state index in [0.29, 0.717) is 11.1 Å². The van der Waals surface area contributed by atoms with E-state index in [2.05, 4.69) is 0 Å². The van der Waals surface area contributed by atoms with E-state index < -0.39 is 17.0 Å². The highest BCUT2D eigenvalue weighted by Gasteiger charge is 2.13. The molecule has 0 aliphatic rings. The molecular formula is C18H17NO5. The van der Waals surface area contributed by atoms with Crippen molar-refractivity contribution in [1.29, 1.82) is 0 Å². The molecular weight excluding hydrogens is 310 g/mol. The molecule has 1 N–H and O–H groups in total. The van der Waals surface area contributed by atoms with Crippen molar-refractivity contribution in [1.82, 2.24) is 0 Å². The Balaban J connectivity index is 2.09. The molecule has 2 aromatic rings. The number of benzene rings is 2. The van der Waals surface area contributed by atoms with Gasteiger partial charge < -0.3 is 9.84 Å². The summed E-state index contributed by atoms with van der Waals surface area (Å²) >= 11 is 0. The summed E-state index contributed by atoms with van der Waals surface area (Å²) in [4.78, 5) is 22.4. The van der Waals surface area contributed by atoms with E-state index in [0.717, 1.165) is 0 Å². The van der Waals surface area contributed by atoms with Gasteiger partial charge in [0.2, 0.25) is 0 Å². The Morgan fingerprint density at radius 1 is 1.21 bits per heavy atom. The van der Waals surface area contributed by atoms with Crippen molar-refractivity contribution >= 4 is 17.7 Å². The monoisotopic (exact) mass is 327 g/mol. The van der Waals surface area contributed by atoms with Crippen LogP contribution >= 0.6 is 0 Å². The van der Waals surface area contributed by atoms with Gasteiger partial charge in [0.15, 0.2) is 0 Å². The molecule has 6 nitrogen and oxygen atoms in total. The van der Waals surface area contributed by atoms with Crippen LogP contribution in [0.2, 0.25) is 0 Å². The quantitative estimate of drug-likeness (QED) is 0.479. The molecule has 2 rings (SSSR count). The number of aliphatic hydroxyl groups is 1. The fraction of sp³-hybridized carbons (Fsp3) is 0.167. The minimum atomic E-state index is -0.623. The Bertz CT molecular complexity index is 727. The van der Waals surface area contributed by atoms with Crippen molar-refractivity contribution in [2.45, 2.75) is 12.5 Å². The SMILES string of the molecule is O=C(OC(C=Cc1cccc([N+](=O)[O-])c1)CCO)c1ccccc1. The third kappa shape index (κ3) is 5.03. The van der Waals surface area contributed by atoms with Crippen molar-refractivity contribution in [3.8, 4) is 0 Å². The second-order valence-corrected chi connectivity index (χ2v) is 5.03. The summed E-state index contributed by atoms with van der Waals surface area (Å²) in [6.45, 7) is -0.147. The minimum absolute atomic E-state index is 0.0165. The molecule has 1 atom stereocenters. The molecule has 6 heteroatoms. The maximum absolute atomic E-state index is 12.1. The predicted molar refractivity (Wildman–Crippen MR) is 89.5 cm³/mol. The first-order valence-electron chi connectivity index (χ1n) is 7.39. The van der Waals surface area contributed by atoms with Crippen molar-refractivity contribution < 1.29 is 19.6 Å². The molecule has 0 spiro atoms. The van der Waals surface area contributed by atoms with Gasteiger partial charge in [0, 0.05) is 25.2 Å². The van der Waals surface area contributed by atoms with Gasteiger partial charge in [-0.2, -0.15) is 0 Å². The number of nitro benzene ring substituents is 1. The van der Waals surface area contributed by atoms with Gasteiger partial charge in [-0.1, -0.05) is 36.4 Å². The van der Waals surface area contributed by atoms with Crippen LogP contribution in [-0.4, -0.2) is 28.7 Å². The Hall–Kier alpha value is -2.99. The third-order valence-corrected chi connectivity index (χ3v) is 3.27. The highest BCUT2D eigenvalue weighted by atomic mass is 16.6. The Morgan fingerprint density at radius 3 is 2.62 bits per heavy atom. The number of non-ortho nitro benzene ring substituents is 1. The molecule has 0 fully saturated rings. The van der Waals surface area contributed by atoms with Gasteiger partial charge in [-0.25, -0.2) is 4.79 Å². The molecule has 2 aromatic carbocycles. The number of esters is 1. The number of hydrogen-bond acceptors (Lipinski definition) is 5. The fourth-order valence-electron chi connectivity index (χ4n) is 2.06. The molecule has 0 amide bonds. The van der Waals surface area contributed by atoms with Crippen molar-refractivity contribution in [3.63, 3.8) is 0 Å². The molecule has 0 saturated heterocycles. The number of rotatable bonds is 7. The first-order chi connectivity index (χ1) is 11.6. The van der Waals surface area contributed by atoms with Crippen LogP contribution in [0.25, 0.3) is 6.08 Å². The smallest absolute Gasteiger partial charge is 0.338 e. The zero-order chi connectivity index (χ0) is 17.4. The molecule has 0 radical (unpaired) electrons. The Kier molecular flexibility index (Phi) is 6.22. The summed E-state index contributed by atoms with van der Waals surface area (Å²) in [5, 5.41) is 19.9. The molecule has 0 aliphatic heterocycles. The number of carbonyl (C=O) groups excluding carboxylic acids is 1. The van der Waals surface area contributed by atoms with Gasteiger partial charge in [-0.3, -0.25) is 10.1 Å². The van der Waals surface area contributed by atoms with Crippen LogP contribution in [0.5, 0.6) is 0 Å². The number of ether oxygens (including phenoxy) is 1. The predicted octanol–water partition coefficient (Wildman–Crippen LogP) is 3.22. The maximum atomic E-state index is 12.1. The minimum Gasteiger partial charge on any atom is -0.454 e. The molecule has 1 unspecified atom stereocenters. The first kappa shape index (κ1) is 17.4. The summed E-state index contributed by atoms with van der Waals surface area (Å²) in [6.07, 6.45) is 2.85. The summed E-state index contributed by atoms with van der Waals surface area (Å²) in [5.41, 5.74) is 1.02. The topological polar surface area (TPSA) is 89.7 Å². The fourth-order valence-corrected chi connectivity index (χ4v) is 2.06. The molecule has 0 aromatic heterocycles.